The van der Waals surface area contributed by atoms with Crippen molar-refractivity contribution in [2.24, 2.45) is 5.92 Å². The molecule has 0 radical (unpaired) electrons. The van der Waals surface area contributed by atoms with Crippen LogP contribution in [0.15, 0.2) is 42.5 Å². The zero-order chi connectivity index (χ0) is 27.6. The Bertz CT molecular complexity index is 1230. The van der Waals surface area contributed by atoms with Gasteiger partial charge >= 0.3 is 6.03 Å². The summed E-state index contributed by atoms with van der Waals surface area (Å²) in [5.41, 5.74) is 3.05. The Morgan fingerprint density at radius 1 is 1.18 bits per heavy atom. The van der Waals surface area contributed by atoms with Gasteiger partial charge in [0.25, 0.3) is 5.69 Å². The van der Waals surface area contributed by atoms with Crippen LogP contribution in [0.5, 0.6) is 0 Å². The summed E-state index contributed by atoms with van der Waals surface area (Å²) in [5, 5.41) is 23.7. The van der Waals surface area contributed by atoms with Crippen LogP contribution in [0.4, 0.5) is 16.2 Å². The summed E-state index contributed by atoms with van der Waals surface area (Å²) < 4.78 is 0. The highest BCUT2D eigenvalue weighted by atomic mass is 16.6. The molecule has 2 aromatic rings. The molecule has 202 valence electrons. The molecule has 2 aromatic carbocycles. The predicted octanol–water partition coefficient (Wildman–Crippen LogP) is 6.24. The normalized spacial score (nSPS) is 22.2. The first-order chi connectivity index (χ1) is 18.1. The highest BCUT2D eigenvalue weighted by Crippen LogP contribution is 2.62. The molecule has 4 rings (SSSR count). The van der Waals surface area contributed by atoms with Crippen LogP contribution in [0.25, 0.3) is 0 Å². The number of carbonyl (C=O) groups is 1. The number of nitro benzene ring substituents is 1. The Labute approximate surface area is 225 Å². The van der Waals surface area contributed by atoms with Crippen LogP contribution in [0.1, 0.15) is 70.1 Å². The SMILES string of the molecule is Cc1ccc(NC(=O)N(CCN(C(C)C)C(C)C)[C@H]2CC[C@]3(c4cccc(C#N)c4)CC3C2)cc1[N+](=O)[O-]. The molecule has 8 heteroatoms. The zero-order valence-electron chi connectivity index (χ0n) is 23.1. The highest BCUT2D eigenvalue weighted by Gasteiger charge is 2.58. The third-order valence-corrected chi connectivity index (χ3v) is 8.56. The number of nitro groups is 1. The minimum atomic E-state index is -0.416. The van der Waals surface area contributed by atoms with E-state index >= 15 is 0 Å². The van der Waals surface area contributed by atoms with Crippen molar-refractivity contribution in [3.05, 3.63) is 69.3 Å². The predicted molar refractivity (Wildman–Crippen MR) is 149 cm³/mol. The molecule has 2 aliphatic carbocycles. The Balaban J connectivity index is 1.53. The number of fused-ring (bicyclic) bond motifs is 1. The standard InChI is InChI=1S/C30H39N5O3/c1-20(2)33(21(3)4)13-14-34(29(36)32-26-10-9-22(5)28(17-26)35(37)38)27-11-12-30(18-25(30)16-27)24-8-6-7-23(15-24)19-31/h6-10,15,17,20-21,25,27H,11-14,16,18H2,1-5H3,(H,32,36)/t25?,27-,30+/m0/s1. The van der Waals surface area contributed by atoms with Gasteiger partial charge in [0.05, 0.1) is 16.6 Å². The number of aryl methyl sites for hydroxylation is 1. The fraction of sp³-hybridized carbons (Fsp3) is 0.533. The third kappa shape index (κ3) is 5.68. The summed E-state index contributed by atoms with van der Waals surface area (Å²) in [4.78, 5) is 29.0. The van der Waals surface area contributed by atoms with Gasteiger partial charge < -0.3 is 10.2 Å². The quantitative estimate of drug-likeness (QED) is 0.313. The first-order valence-electron chi connectivity index (χ1n) is 13.6. The van der Waals surface area contributed by atoms with Crippen molar-refractivity contribution in [3.63, 3.8) is 0 Å². The van der Waals surface area contributed by atoms with E-state index in [2.05, 4.69) is 50.0 Å². The molecule has 0 bridgehead atoms. The topological polar surface area (TPSA) is 103 Å². The Morgan fingerprint density at radius 3 is 2.55 bits per heavy atom. The number of amides is 2. The van der Waals surface area contributed by atoms with Crippen LogP contribution in [0.3, 0.4) is 0 Å². The monoisotopic (exact) mass is 517 g/mol. The maximum atomic E-state index is 13.7. The molecular weight excluding hydrogens is 478 g/mol. The van der Waals surface area contributed by atoms with Crippen molar-refractivity contribution in [3.8, 4) is 6.07 Å². The summed E-state index contributed by atoms with van der Waals surface area (Å²) in [7, 11) is 0. The Hall–Kier alpha value is -3.44. The summed E-state index contributed by atoms with van der Waals surface area (Å²) in [5.74, 6) is 0.484. The minimum absolute atomic E-state index is 0.000158. The third-order valence-electron chi connectivity index (χ3n) is 8.56. The maximum Gasteiger partial charge on any atom is 0.322 e. The van der Waals surface area contributed by atoms with Crippen molar-refractivity contribution >= 4 is 17.4 Å². The fourth-order valence-corrected chi connectivity index (χ4v) is 6.41. The highest BCUT2D eigenvalue weighted by molar-refractivity contribution is 5.90. The molecule has 2 amide bonds. The summed E-state index contributed by atoms with van der Waals surface area (Å²) in [6, 6.07) is 15.7. The lowest BCUT2D eigenvalue weighted by atomic mass is 9.80. The number of anilines is 1. The number of hydrogen-bond donors (Lipinski definition) is 1. The first-order valence-corrected chi connectivity index (χ1v) is 13.6. The molecule has 2 aliphatic rings. The van der Waals surface area contributed by atoms with E-state index in [0.29, 0.717) is 41.4 Å². The number of urea groups is 1. The summed E-state index contributed by atoms with van der Waals surface area (Å²) in [6.07, 6.45) is 3.87. The molecule has 0 saturated heterocycles. The van der Waals surface area contributed by atoms with Crippen LogP contribution in [-0.4, -0.2) is 52.0 Å². The molecule has 2 saturated carbocycles. The molecular formula is C30H39N5O3. The van der Waals surface area contributed by atoms with Gasteiger partial charge in [-0.25, -0.2) is 4.79 Å². The second-order valence-electron chi connectivity index (χ2n) is 11.5. The summed E-state index contributed by atoms with van der Waals surface area (Å²) in [6.45, 7) is 11.7. The lowest BCUT2D eigenvalue weighted by Crippen LogP contribution is -2.50. The first kappa shape index (κ1) is 27.6. The smallest absolute Gasteiger partial charge is 0.320 e. The molecule has 0 heterocycles. The van der Waals surface area contributed by atoms with Crippen molar-refractivity contribution < 1.29 is 9.72 Å². The second-order valence-corrected chi connectivity index (χ2v) is 11.5. The van der Waals surface area contributed by atoms with Gasteiger partial charge in [0.2, 0.25) is 0 Å². The second kappa shape index (κ2) is 11.1. The number of hydrogen-bond acceptors (Lipinski definition) is 5. The van der Waals surface area contributed by atoms with E-state index in [4.69, 9.17) is 0 Å². The Kier molecular flexibility index (Phi) is 8.08. The van der Waals surface area contributed by atoms with Gasteiger partial charge in [-0.15, -0.1) is 0 Å². The number of nitrogens with zero attached hydrogens (tertiary/aromatic N) is 4. The molecule has 2 fully saturated rings. The lowest BCUT2D eigenvalue weighted by Gasteiger charge is -2.39. The summed E-state index contributed by atoms with van der Waals surface area (Å²) >= 11 is 0. The van der Waals surface area contributed by atoms with E-state index in [1.165, 1.54) is 11.6 Å². The number of nitriles is 1. The van der Waals surface area contributed by atoms with Crippen molar-refractivity contribution in [1.82, 2.24) is 9.80 Å². The number of nitrogens with one attached hydrogen (secondary N) is 1. The average Bonchev–Trinajstić information content (AvgIpc) is 3.62. The van der Waals surface area contributed by atoms with Crippen molar-refractivity contribution in [2.45, 2.75) is 83.8 Å². The van der Waals surface area contributed by atoms with Gasteiger partial charge in [-0.2, -0.15) is 5.26 Å². The van der Waals surface area contributed by atoms with Crippen molar-refractivity contribution in [2.75, 3.05) is 18.4 Å². The number of carbonyl (C=O) groups excluding carboxylic acids is 1. The fourth-order valence-electron chi connectivity index (χ4n) is 6.41. The van der Waals surface area contributed by atoms with E-state index < -0.39 is 4.92 Å². The van der Waals surface area contributed by atoms with E-state index in [1.807, 2.05) is 23.1 Å². The lowest BCUT2D eigenvalue weighted by molar-refractivity contribution is -0.385. The molecule has 0 aliphatic heterocycles. The van der Waals surface area contributed by atoms with E-state index in [1.54, 1.807) is 19.1 Å². The number of benzene rings is 2. The van der Waals surface area contributed by atoms with Crippen LogP contribution >= 0.6 is 0 Å². The van der Waals surface area contributed by atoms with Crippen LogP contribution in [0.2, 0.25) is 0 Å². The van der Waals surface area contributed by atoms with Gasteiger partial charge in [-0.05, 0) is 95.4 Å². The van der Waals surface area contributed by atoms with Crippen LogP contribution in [0, 0.1) is 34.3 Å². The minimum Gasteiger partial charge on any atom is -0.320 e. The van der Waals surface area contributed by atoms with E-state index in [-0.39, 0.29) is 23.2 Å². The largest absolute Gasteiger partial charge is 0.322 e. The van der Waals surface area contributed by atoms with Gasteiger partial charge in [-0.3, -0.25) is 15.0 Å². The van der Waals surface area contributed by atoms with Gasteiger partial charge in [-0.1, -0.05) is 18.2 Å². The van der Waals surface area contributed by atoms with Gasteiger partial charge in [0.1, 0.15) is 0 Å². The van der Waals surface area contributed by atoms with Crippen LogP contribution < -0.4 is 5.32 Å². The van der Waals surface area contributed by atoms with Gasteiger partial charge in [0.15, 0.2) is 0 Å². The Morgan fingerprint density at radius 2 is 1.92 bits per heavy atom. The number of rotatable bonds is 9. The molecule has 0 aromatic heterocycles. The molecule has 1 N–H and O–H groups in total. The van der Waals surface area contributed by atoms with E-state index in [9.17, 15) is 20.2 Å². The zero-order valence-corrected chi connectivity index (χ0v) is 23.1. The van der Waals surface area contributed by atoms with Crippen molar-refractivity contribution in [1.29, 1.82) is 5.26 Å². The molecule has 38 heavy (non-hydrogen) atoms. The molecule has 1 unspecified atom stereocenters. The molecule has 3 atom stereocenters. The molecule has 0 spiro atoms. The van der Waals surface area contributed by atoms with Gasteiger partial charge in [0, 0.05) is 48.5 Å². The molecule has 8 nitrogen and oxygen atoms in total. The van der Waals surface area contributed by atoms with Crippen LogP contribution in [-0.2, 0) is 5.41 Å². The average molecular weight is 518 g/mol. The maximum absolute atomic E-state index is 13.7. The van der Waals surface area contributed by atoms with E-state index in [0.717, 1.165) is 32.2 Å².